The Morgan fingerprint density at radius 1 is 1.04 bits per heavy atom. The second-order valence-electron chi connectivity index (χ2n) is 6.37. The Morgan fingerprint density at radius 2 is 1.83 bits per heavy atom. The third kappa shape index (κ3) is 4.94. The fraction of sp³-hybridized carbons (Fsp3) is 0.421. The maximum absolute atomic E-state index is 4.63. The molecule has 1 N–H and O–H groups in total. The number of nitrogens with zero attached hydrogens (tertiary/aromatic N) is 3. The lowest BCUT2D eigenvalue weighted by Gasteiger charge is -2.34. The summed E-state index contributed by atoms with van der Waals surface area (Å²) in [6.45, 7) is 8.19. The van der Waals surface area contributed by atoms with Gasteiger partial charge in [-0.05, 0) is 25.6 Å². The van der Waals surface area contributed by atoms with Gasteiger partial charge < -0.3 is 15.1 Å². The smallest absolute Gasteiger partial charge is 0.133 e. The van der Waals surface area contributed by atoms with Crippen molar-refractivity contribution in [3.05, 3.63) is 59.3 Å². The first-order valence-electron chi connectivity index (χ1n) is 8.36. The zero-order chi connectivity index (χ0) is 16.1. The van der Waals surface area contributed by atoms with Crippen LogP contribution in [0, 0.1) is 6.92 Å². The normalized spacial score (nSPS) is 15.2. The molecule has 1 aromatic heterocycles. The molecule has 2 heterocycles. The monoisotopic (exact) mass is 346 g/mol. The van der Waals surface area contributed by atoms with Crippen LogP contribution in [0.3, 0.4) is 0 Å². The maximum Gasteiger partial charge on any atom is 0.133 e. The van der Waals surface area contributed by atoms with Gasteiger partial charge >= 0.3 is 0 Å². The molecular weight excluding hydrogens is 320 g/mol. The molecule has 0 bridgehead atoms. The molecule has 0 radical (unpaired) electrons. The van der Waals surface area contributed by atoms with Gasteiger partial charge in [0.1, 0.15) is 5.82 Å². The molecule has 5 heteroatoms. The summed E-state index contributed by atoms with van der Waals surface area (Å²) in [6, 6.07) is 12.9. The number of aromatic nitrogens is 1. The average Bonchev–Trinajstić information content (AvgIpc) is 2.56. The van der Waals surface area contributed by atoms with Crippen LogP contribution < -0.4 is 10.2 Å². The molecular formula is C19H27ClN4. The van der Waals surface area contributed by atoms with E-state index >= 15 is 0 Å². The van der Waals surface area contributed by atoms with Gasteiger partial charge in [-0.3, -0.25) is 0 Å². The van der Waals surface area contributed by atoms with E-state index < -0.39 is 0 Å². The van der Waals surface area contributed by atoms with Gasteiger partial charge in [-0.25, -0.2) is 4.98 Å². The quantitative estimate of drug-likeness (QED) is 0.902. The Bertz CT molecular complexity index is 639. The van der Waals surface area contributed by atoms with Gasteiger partial charge in [0.25, 0.3) is 0 Å². The molecule has 1 saturated heterocycles. The summed E-state index contributed by atoms with van der Waals surface area (Å²) in [5.74, 6) is 1.14. The van der Waals surface area contributed by atoms with Crippen LogP contribution in [0.4, 0.5) is 5.82 Å². The van der Waals surface area contributed by atoms with Crippen LogP contribution in [-0.4, -0.2) is 43.1 Å². The molecule has 1 aliphatic rings. The van der Waals surface area contributed by atoms with E-state index in [1.54, 1.807) is 0 Å². The summed E-state index contributed by atoms with van der Waals surface area (Å²) < 4.78 is 0. The van der Waals surface area contributed by atoms with Gasteiger partial charge in [0, 0.05) is 51.0 Å². The lowest BCUT2D eigenvalue weighted by Crippen LogP contribution is -2.45. The van der Waals surface area contributed by atoms with Crippen LogP contribution in [0.25, 0.3) is 0 Å². The van der Waals surface area contributed by atoms with E-state index in [-0.39, 0.29) is 12.4 Å². The summed E-state index contributed by atoms with van der Waals surface area (Å²) in [5, 5.41) is 3.56. The third-order valence-electron chi connectivity index (χ3n) is 4.40. The van der Waals surface area contributed by atoms with Gasteiger partial charge in [-0.15, -0.1) is 12.4 Å². The highest BCUT2D eigenvalue weighted by molar-refractivity contribution is 5.85. The number of aryl methyl sites for hydroxylation is 1. The number of rotatable bonds is 5. The Hall–Kier alpha value is -1.62. The summed E-state index contributed by atoms with van der Waals surface area (Å²) >= 11 is 0. The highest BCUT2D eigenvalue weighted by Gasteiger charge is 2.17. The first kappa shape index (κ1) is 18.7. The molecule has 4 nitrogen and oxygen atoms in total. The highest BCUT2D eigenvalue weighted by Crippen LogP contribution is 2.18. The molecule has 1 aromatic carbocycles. The van der Waals surface area contributed by atoms with Crippen LogP contribution in [0.5, 0.6) is 0 Å². The second-order valence-corrected chi connectivity index (χ2v) is 6.37. The van der Waals surface area contributed by atoms with Crippen molar-refractivity contribution < 1.29 is 0 Å². The summed E-state index contributed by atoms with van der Waals surface area (Å²) in [7, 11) is 2.18. The minimum Gasteiger partial charge on any atom is -0.354 e. The SMILES string of the molecule is Cc1cccc(CNCc2cccnc2N2CCN(C)CC2)c1.Cl. The van der Waals surface area contributed by atoms with E-state index in [9.17, 15) is 0 Å². The number of piperazine rings is 1. The van der Waals surface area contributed by atoms with Crippen molar-refractivity contribution >= 4 is 18.2 Å². The topological polar surface area (TPSA) is 31.4 Å². The van der Waals surface area contributed by atoms with Crippen molar-refractivity contribution in [2.45, 2.75) is 20.0 Å². The minimum atomic E-state index is 0. The van der Waals surface area contributed by atoms with E-state index in [2.05, 4.69) is 64.4 Å². The molecule has 0 saturated carbocycles. The van der Waals surface area contributed by atoms with Crippen LogP contribution >= 0.6 is 12.4 Å². The Labute approximate surface area is 151 Å². The minimum absolute atomic E-state index is 0. The van der Waals surface area contributed by atoms with Gasteiger partial charge in [-0.2, -0.15) is 0 Å². The first-order valence-corrected chi connectivity index (χ1v) is 8.36. The number of hydrogen-bond donors (Lipinski definition) is 1. The standard InChI is InChI=1S/C19H26N4.ClH/c1-16-5-3-6-17(13-16)14-20-15-18-7-4-8-21-19(18)23-11-9-22(2)10-12-23;/h3-8,13,20H,9-12,14-15H2,1-2H3;1H. The zero-order valence-electron chi connectivity index (χ0n) is 14.5. The fourth-order valence-electron chi connectivity index (χ4n) is 3.03. The van der Waals surface area contributed by atoms with Crippen molar-refractivity contribution in [2.24, 2.45) is 0 Å². The predicted octanol–water partition coefficient (Wildman–Crippen LogP) is 2.85. The van der Waals surface area contributed by atoms with Crippen molar-refractivity contribution in [3.63, 3.8) is 0 Å². The van der Waals surface area contributed by atoms with Gasteiger partial charge in [-0.1, -0.05) is 35.9 Å². The average molecular weight is 347 g/mol. The van der Waals surface area contributed by atoms with E-state index in [4.69, 9.17) is 0 Å². The number of benzene rings is 1. The number of hydrogen-bond acceptors (Lipinski definition) is 4. The first-order chi connectivity index (χ1) is 11.2. The van der Waals surface area contributed by atoms with E-state index in [1.807, 2.05) is 12.3 Å². The molecule has 0 atom stereocenters. The summed E-state index contributed by atoms with van der Waals surface area (Å²) in [4.78, 5) is 9.41. The van der Waals surface area contributed by atoms with Crippen LogP contribution in [0.1, 0.15) is 16.7 Å². The summed E-state index contributed by atoms with van der Waals surface area (Å²) in [5.41, 5.74) is 3.92. The molecule has 2 aromatic rings. The molecule has 0 aliphatic carbocycles. The molecule has 0 unspecified atom stereocenters. The van der Waals surface area contributed by atoms with Crippen molar-refractivity contribution in [3.8, 4) is 0 Å². The molecule has 3 rings (SSSR count). The second kappa shape index (κ2) is 9.02. The van der Waals surface area contributed by atoms with Crippen molar-refractivity contribution in [1.82, 2.24) is 15.2 Å². The van der Waals surface area contributed by atoms with E-state index in [0.29, 0.717) is 0 Å². The maximum atomic E-state index is 4.63. The Kier molecular flexibility index (Phi) is 7.03. The van der Waals surface area contributed by atoms with Crippen molar-refractivity contribution in [1.29, 1.82) is 0 Å². The molecule has 130 valence electrons. The molecule has 1 aliphatic heterocycles. The molecule has 1 fully saturated rings. The molecule has 24 heavy (non-hydrogen) atoms. The van der Waals surface area contributed by atoms with Crippen LogP contribution in [0.15, 0.2) is 42.6 Å². The largest absolute Gasteiger partial charge is 0.354 e. The number of pyridine rings is 1. The number of nitrogens with one attached hydrogen (secondary N) is 1. The molecule has 0 spiro atoms. The number of likely N-dealkylation sites (N-methyl/N-ethyl adjacent to an activating group) is 1. The highest BCUT2D eigenvalue weighted by atomic mass is 35.5. The van der Waals surface area contributed by atoms with E-state index in [0.717, 1.165) is 45.1 Å². The van der Waals surface area contributed by atoms with Gasteiger partial charge in [0.05, 0.1) is 0 Å². The van der Waals surface area contributed by atoms with Gasteiger partial charge in [0.15, 0.2) is 0 Å². The fourth-order valence-corrected chi connectivity index (χ4v) is 3.03. The zero-order valence-corrected chi connectivity index (χ0v) is 15.4. The number of halogens is 1. The Morgan fingerprint density at radius 3 is 2.58 bits per heavy atom. The van der Waals surface area contributed by atoms with Crippen LogP contribution in [0.2, 0.25) is 0 Å². The Balaban J connectivity index is 0.00000208. The van der Waals surface area contributed by atoms with Gasteiger partial charge in [0.2, 0.25) is 0 Å². The van der Waals surface area contributed by atoms with Crippen molar-refractivity contribution in [2.75, 3.05) is 38.1 Å². The molecule has 0 amide bonds. The van der Waals surface area contributed by atoms with E-state index in [1.165, 1.54) is 16.7 Å². The number of anilines is 1. The lowest BCUT2D eigenvalue weighted by molar-refractivity contribution is 0.311. The third-order valence-corrected chi connectivity index (χ3v) is 4.40. The predicted molar refractivity (Wildman–Crippen MR) is 103 cm³/mol. The van der Waals surface area contributed by atoms with Crippen LogP contribution in [-0.2, 0) is 13.1 Å². The summed E-state index contributed by atoms with van der Waals surface area (Å²) in [6.07, 6.45) is 1.90. The lowest BCUT2D eigenvalue weighted by atomic mass is 10.1.